The number of nitrogens with zero attached hydrogens (tertiary/aromatic N) is 2. The summed E-state index contributed by atoms with van der Waals surface area (Å²) >= 11 is 1.19. The number of nitro groups is 1. The molecule has 1 aliphatic rings. The maximum absolute atomic E-state index is 13.8. The maximum Gasteiger partial charge on any atom is 0.300 e. The highest BCUT2D eigenvalue weighted by Crippen LogP contribution is 2.43. The van der Waals surface area contributed by atoms with Gasteiger partial charge in [0.2, 0.25) is 0 Å². The molecule has 1 N–H and O–H groups in total. The number of rotatable bonds is 4. The van der Waals surface area contributed by atoms with E-state index in [4.69, 9.17) is 0 Å². The molecule has 1 fully saturated rings. The predicted octanol–water partition coefficient (Wildman–Crippen LogP) is 4.56. The van der Waals surface area contributed by atoms with E-state index in [1.165, 1.54) is 29.5 Å². The molecule has 10 heteroatoms. The number of hydrogen-bond acceptors (Lipinski definition) is 6. The molecular formula is C21H12F2N2O5S. The SMILES string of the molecule is O=C1C(=O)N(c2ccc(F)c(F)c2)C(c2cccs2)/C1=C(/O)c1cccc([N+](=O)[O-])c1. The largest absolute Gasteiger partial charge is 0.507 e. The van der Waals surface area contributed by atoms with E-state index in [1.807, 2.05) is 0 Å². The van der Waals surface area contributed by atoms with Gasteiger partial charge in [-0.1, -0.05) is 18.2 Å². The molecule has 7 nitrogen and oxygen atoms in total. The minimum atomic E-state index is -1.21. The molecule has 156 valence electrons. The Bertz CT molecular complexity index is 1260. The third-order valence-corrected chi connectivity index (χ3v) is 5.69. The standard InChI is InChI=1S/C21H12F2N2O5S/c22-14-7-6-12(10-15(14)23)24-18(16-5-2-8-31-16)17(20(27)21(24)28)19(26)11-3-1-4-13(9-11)25(29)30/h1-10,18,26H/b19-17-. The number of benzene rings is 2. The second-order valence-corrected chi connectivity index (χ2v) is 7.57. The predicted molar refractivity (Wildman–Crippen MR) is 109 cm³/mol. The summed E-state index contributed by atoms with van der Waals surface area (Å²) in [4.78, 5) is 37.6. The monoisotopic (exact) mass is 442 g/mol. The first kappa shape index (κ1) is 20.4. The molecule has 0 bridgehead atoms. The summed E-state index contributed by atoms with van der Waals surface area (Å²) in [5, 5.41) is 23.6. The number of thiophene rings is 1. The Morgan fingerprint density at radius 3 is 2.48 bits per heavy atom. The van der Waals surface area contributed by atoms with Crippen LogP contribution in [0, 0.1) is 21.7 Å². The van der Waals surface area contributed by atoms with E-state index in [0.717, 1.165) is 29.2 Å². The molecule has 0 radical (unpaired) electrons. The van der Waals surface area contributed by atoms with Crippen molar-refractivity contribution in [2.45, 2.75) is 6.04 Å². The zero-order chi connectivity index (χ0) is 22.3. The van der Waals surface area contributed by atoms with Crippen LogP contribution in [0.15, 0.2) is 65.6 Å². The van der Waals surface area contributed by atoms with E-state index in [-0.39, 0.29) is 22.5 Å². The molecule has 1 aliphatic heterocycles. The van der Waals surface area contributed by atoms with Crippen molar-refractivity contribution >= 4 is 40.2 Å². The molecular weight excluding hydrogens is 430 g/mol. The van der Waals surface area contributed by atoms with Gasteiger partial charge >= 0.3 is 0 Å². The molecule has 4 rings (SSSR count). The first-order valence-corrected chi connectivity index (χ1v) is 9.72. The van der Waals surface area contributed by atoms with E-state index < -0.39 is 40.0 Å². The second kappa shape index (κ2) is 7.73. The van der Waals surface area contributed by atoms with E-state index in [0.29, 0.717) is 4.88 Å². The molecule has 1 atom stereocenters. The number of non-ortho nitro benzene ring substituents is 1. The first-order chi connectivity index (χ1) is 14.8. The van der Waals surface area contributed by atoms with Gasteiger partial charge in [0, 0.05) is 34.3 Å². The topological polar surface area (TPSA) is 101 Å². The van der Waals surface area contributed by atoms with Gasteiger partial charge in [0.25, 0.3) is 17.4 Å². The minimum absolute atomic E-state index is 0.0287. The van der Waals surface area contributed by atoms with Gasteiger partial charge in [0.15, 0.2) is 11.6 Å². The number of nitro benzene ring substituents is 1. The quantitative estimate of drug-likeness (QED) is 0.210. The number of carbonyl (C=O) groups excluding carboxylic acids is 2. The number of Topliss-reactive ketones (excluding diaryl/α,β-unsaturated/α-hetero) is 1. The fourth-order valence-corrected chi connectivity index (χ4v) is 4.20. The molecule has 0 saturated carbocycles. The van der Waals surface area contributed by atoms with Gasteiger partial charge in [-0.3, -0.25) is 24.6 Å². The highest BCUT2D eigenvalue weighted by Gasteiger charge is 2.47. The van der Waals surface area contributed by atoms with Crippen LogP contribution in [0.5, 0.6) is 0 Å². The third-order valence-electron chi connectivity index (χ3n) is 4.77. The second-order valence-electron chi connectivity index (χ2n) is 6.59. The molecule has 31 heavy (non-hydrogen) atoms. The molecule has 0 aliphatic carbocycles. The van der Waals surface area contributed by atoms with Crippen molar-refractivity contribution in [3.8, 4) is 0 Å². The van der Waals surface area contributed by atoms with Crippen LogP contribution in [-0.4, -0.2) is 21.7 Å². The Labute approximate surface area is 177 Å². The maximum atomic E-state index is 13.8. The van der Waals surface area contributed by atoms with E-state index >= 15 is 0 Å². The van der Waals surface area contributed by atoms with Gasteiger partial charge in [0.05, 0.1) is 10.5 Å². The Hall–Kier alpha value is -3.92. The summed E-state index contributed by atoms with van der Waals surface area (Å²) in [5.74, 6) is -5.03. The molecule has 2 heterocycles. The fraction of sp³-hybridized carbons (Fsp3) is 0.0476. The van der Waals surface area contributed by atoms with Gasteiger partial charge in [-0.15, -0.1) is 11.3 Å². The van der Waals surface area contributed by atoms with E-state index in [1.54, 1.807) is 17.5 Å². The van der Waals surface area contributed by atoms with Crippen LogP contribution in [0.4, 0.5) is 20.2 Å². The van der Waals surface area contributed by atoms with E-state index in [2.05, 4.69) is 0 Å². The lowest BCUT2D eigenvalue weighted by Gasteiger charge is -2.24. The zero-order valence-electron chi connectivity index (χ0n) is 15.5. The molecule has 2 aromatic carbocycles. The average molecular weight is 442 g/mol. The number of halogens is 2. The van der Waals surface area contributed by atoms with Crippen LogP contribution in [0.1, 0.15) is 16.5 Å². The number of ketones is 1. The summed E-state index contributed by atoms with van der Waals surface area (Å²) in [6.07, 6.45) is 0. The van der Waals surface area contributed by atoms with Crippen LogP contribution >= 0.6 is 11.3 Å². The Morgan fingerprint density at radius 2 is 1.84 bits per heavy atom. The molecule has 1 saturated heterocycles. The van der Waals surface area contributed by atoms with Crippen molar-refractivity contribution in [3.05, 3.63) is 97.7 Å². The lowest BCUT2D eigenvalue weighted by atomic mass is 9.99. The highest BCUT2D eigenvalue weighted by molar-refractivity contribution is 7.10. The summed E-state index contributed by atoms with van der Waals surface area (Å²) in [5.41, 5.74) is -0.722. The summed E-state index contributed by atoms with van der Waals surface area (Å²) in [6, 6.07) is 9.91. The molecule has 1 unspecified atom stereocenters. The number of carbonyl (C=O) groups is 2. The van der Waals surface area contributed by atoms with Gasteiger partial charge in [-0.05, 0) is 23.6 Å². The van der Waals surface area contributed by atoms with Gasteiger partial charge in [0.1, 0.15) is 11.8 Å². The van der Waals surface area contributed by atoms with Crippen LogP contribution in [-0.2, 0) is 9.59 Å². The number of aliphatic hydroxyl groups is 1. The van der Waals surface area contributed by atoms with Crippen molar-refractivity contribution in [3.63, 3.8) is 0 Å². The smallest absolute Gasteiger partial charge is 0.300 e. The fourth-order valence-electron chi connectivity index (χ4n) is 3.37. The van der Waals surface area contributed by atoms with Crippen LogP contribution < -0.4 is 4.90 Å². The highest BCUT2D eigenvalue weighted by atomic mass is 32.1. The van der Waals surface area contributed by atoms with Crippen LogP contribution in [0.25, 0.3) is 5.76 Å². The summed E-state index contributed by atoms with van der Waals surface area (Å²) < 4.78 is 27.3. The number of hydrogen-bond donors (Lipinski definition) is 1. The number of amides is 1. The Kier molecular flexibility index (Phi) is 5.07. The third kappa shape index (κ3) is 3.46. The summed E-state index contributed by atoms with van der Waals surface area (Å²) in [6.45, 7) is 0. The zero-order valence-corrected chi connectivity index (χ0v) is 16.3. The van der Waals surface area contributed by atoms with Crippen molar-refractivity contribution in [1.29, 1.82) is 0 Å². The molecule has 3 aromatic rings. The van der Waals surface area contributed by atoms with Gasteiger partial charge in [-0.2, -0.15) is 0 Å². The molecule has 1 aromatic heterocycles. The lowest BCUT2D eigenvalue weighted by molar-refractivity contribution is -0.384. The van der Waals surface area contributed by atoms with E-state index in [9.17, 15) is 33.6 Å². The van der Waals surface area contributed by atoms with Crippen molar-refractivity contribution in [2.75, 3.05) is 4.90 Å². The van der Waals surface area contributed by atoms with Crippen molar-refractivity contribution in [2.24, 2.45) is 0 Å². The van der Waals surface area contributed by atoms with Crippen molar-refractivity contribution in [1.82, 2.24) is 0 Å². The summed E-state index contributed by atoms with van der Waals surface area (Å²) in [7, 11) is 0. The van der Waals surface area contributed by atoms with Gasteiger partial charge < -0.3 is 5.11 Å². The number of anilines is 1. The Balaban J connectivity index is 1.93. The van der Waals surface area contributed by atoms with Crippen LogP contribution in [0.3, 0.4) is 0 Å². The van der Waals surface area contributed by atoms with Crippen LogP contribution in [0.2, 0.25) is 0 Å². The normalized spacial score (nSPS) is 17.9. The van der Waals surface area contributed by atoms with Gasteiger partial charge in [-0.25, -0.2) is 8.78 Å². The molecule has 1 amide bonds. The number of aliphatic hydroxyl groups excluding tert-OH is 1. The van der Waals surface area contributed by atoms with Crippen molar-refractivity contribution < 1.29 is 28.4 Å². The lowest BCUT2D eigenvalue weighted by Crippen LogP contribution is -2.29. The minimum Gasteiger partial charge on any atom is -0.507 e. The Morgan fingerprint density at radius 1 is 1.06 bits per heavy atom. The molecule has 0 spiro atoms. The average Bonchev–Trinajstić information content (AvgIpc) is 3.37. The first-order valence-electron chi connectivity index (χ1n) is 8.84.